The number of H-pyrrole nitrogens is 2. The molecular formula is C32H30F2N6. The molecule has 1 aliphatic carbocycles. The van der Waals surface area contributed by atoms with Crippen LogP contribution in [0.2, 0.25) is 0 Å². The first kappa shape index (κ1) is 26.7. The zero-order valence-corrected chi connectivity index (χ0v) is 22.5. The summed E-state index contributed by atoms with van der Waals surface area (Å²) in [4.78, 5) is 12.2. The highest BCUT2D eigenvalue weighted by Gasteiger charge is 2.25. The summed E-state index contributed by atoms with van der Waals surface area (Å²) in [6, 6.07) is 8.05. The van der Waals surface area contributed by atoms with Gasteiger partial charge in [-0.2, -0.15) is 5.10 Å². The predicted octanol–water partition coefficient (Wildman–Crippen LogP) is 6.12. The fourth-order valence-corrected chi connectivity index (χ4v) is 4.53. The van der Waals surface area contributed by atoms with E-state index >= 15 is 4.39 Å². The van der Waals surface area contributed by atoms with Crippen molar-refractivity contribution in [3.63, 3.8) is 0 Å². The van der Waals surface area contributed by atoms with Gasteiger partial charge in [-0.1, -0.05) is 44.0 Å². The first-order chi connectivity index (χ1) is 19.3. The van der Waals surface area contributed by atoms with Crippen LogP contribution in [0.5, 0.6) is 0 Å². The Labute approximate surface area is 231 Å². The maximum atomic E-state index is 16.3. The molecule has 1 aromatic carbocycles. The van der Waals surface area contributed by atoms with Crippen LogP contribution in [0.15, 0.2) is 97.0 Å². The lowest BCUT2D eigenvalue weighted by molar-refractivity contribution is 0.628. The Balaban J connectivity index is 1.59. The summed E-state index contributed by atoms with van der Waals surface area (Å²) in [7, 11) is 0. The molecule has 6 nitrogen and oxygen atoms in total. The number of imidazole rings is 1. The SMILES string of the molecule is C=C/C(=C\C(=C/C)C(=C)/C(F)=c1/c(-c2nc3nccc(-c4cccc(F)c4)c3[nH]2)n[nH]/c1=C/C)NC(=C)C1CC1. The van der Waals surface area contributed by atoms with Crippen molar-refractivity contribution >= 4 is 23.1 Å². The van der Waals surface area contributed by atoms with E-state index in [0.29, 0.717) is 45.1 Å². The first-order valence-electron chi connectivity index (χ1n) is 13.0. The molecule has 202 valence electrons. The van der Waals surface area contributed by atoms with E-state index in [4.69, 9.17) is 0 Å². The minimum atomic E-state index is -0.551. The zero-order valence-electron chi connectivity index (χ0n) is 22.5. The van der Waals surface area contributed by atoms with Crippen molar-refractivity contribution < 1.29 is 8.78 Å². The van der Waals surface area contributed by atoms with Gasteiger partial charge in [0.2, 0.25) is 0 Å². The molecule has 1 saturated carbocycles. The maximum Gasteiger partial charge on any atom is 0.178 e. The zero-order chi connectivity index (χ0) is 28.4. The normalized spacial score (nSPS) is 15.3. The van der Waals surface area contributed by atoms with Crippen LogP contribution in [0.4, 0.5) is 8.78 Å². The highest BCUT2D eigenvalue weighted by atomic mass is 19.1. The summed E-state index contributed by atoms with van der Waals surface area (Å²) >= 11 is 0. The Morgan fingerprint density at radius 3 is 2.65 bits per heavy atom. The van der Waals surface area contributed by atoms with Crippen LogP contribution in [-0.4, -0.2) is 25.1 Å². The van der Waals surface area contributed by atoms with Crippen molar-refractivity contribution in [1.29, 1.82) is 0 Å². The number of halogens is 2. The standard InChI is InChI=1S/C32H30F2N6/c1-6-20(17-24(7-2)36-19(5)21-12-13-21)18(4)28(34)27-26(8-3)39-40-30(27)32-37-29-25(14-15-35-31(29)38-32)22-10-9-11-23(33)16-22/h6-11,14-17,21,36,39H,2,4-5,12-13H2,1,3H3,(H,35,37,38)/b20-6+,24-17+,26-8+,28-27-. The van der Waals surface area contributed by atoms with Crippen LogP contribution in [0.25, 0.3) is 45.7 Å². The third kappa shape index (κ3) is 5.20. The fraction of sp³-hybridized carbons (Fsp3) is 0.156. The Morgan fingerprint density at radius 2 is 1.98 bits per heavy atom. The molecular weight excluding hydrogens is 506 g/mol. The Kier molecular flexibility index (Phi) is 7.42. The van der Waals surface area contributed by atoms with Crippen molar-refractivity contribution in [3.05, 3.63) is 113 Å². The van der Waals surface area contributed by atoms with Crippen molar-refractivity contribution in [2.24, 2.45) is 5.92 Å². The van der Waals surface area contributed by atoms with Gasteiger partial charge < -0.3 is 10.3 Å². The van der Waals surface area contributed by atoms with E-state index in [1.807, 2.05) is 6.92 Å². The molecule has 0 atom stereocenters. The van der Waals surface area contributed by atoms with Crippen molar-refractivity contribution in [1.82, 2.24) is 30.5 Å². The van der Waals surface area contributed by atoms with E-state index in [1.165, 1.54) is 12.1 Å². The van der Waals surface area contributed by atoms with Crippen LogP contribution in [0, 0.1) is 11.7 Å². The number of rotatable bonds is 9. The number of pyridine rings is 1. The monoisotopic (exact) mass is 536 g/mol. The average molecular weight is 537 g/mol. The van der Waals surface area contributed by atoms with Gasteiger partial charge in [-0.05, 0) is 74.1 Å². The molecule has 0 saturated heterocycles. The van der Waals surface area contributed by atoms with Crippen LogP contribution < -0.4 is 15.9 Å². The van der Waals surface area contributed by atoms with E-state index in [2.05, 4.69) is 50.2 Å². The van der Waals surface area contributed by atoms with Crippen LogP contribution in [-0.2, 0) is 0 Å². The summed E-state index contributed by atoms with van der Waals surface area (Å²) in [5, 5.41) is 11.3. The third-order valence-electron chi connectivity index (χ3n) is 6.88. The average Bonchev–Trinajstić information content (AvgIpc) is 3.59. The van der Waals surface area contributed by atoms with E-state index in [-0.39, 0.29) is 22.3 Å². The minimum absolute atomic E-state index is 0.182. The third-order valence-corrected chi connectivity index (χ3v) is 6.88. The van der Waals surface area contributed by atoms with Crippen LogP contribution >= 0.6 is 0 Å². The number of benzene rings is 1. The van der Waals surface area contributed by atoms with Crippen molar-refractivity contribution in [2.45, 2.75) is 26.7 Å². The number of hydrogen-bond donors (Lipinski definition) is 3. The van der Waals surface area contributed by atoms with E-state index < -0.39 is 5.83 Å². The van der Waals surface area contributed by atoms with Crippen molar-refractivity contribution in [3.8, 4) is 22.6 Å². The van der Waals surface area contributed by atoms with Crippen LogP contribution in [0.1, 0.15) is 26.7 Å². The van der Waals surface area contributed by atoms with E-state index in [0.717, 1.165) is 24.1 Å². The molecule has 4 aromatic rings. The summed E-state index contributed by atoms with van der Waals surface area (Å²) in [6.07, 6.45) is 10.8. The van der Waals surface area contributed by atoms with Gasteiger partial charge >= 0.3 is 0 Å². The molecule has 0 aliphatic heterocycles. The van der Waals surface area contributed by atoms with Gasteiger partial charge in [0.1, 0.15) is 17.3 Å². The molecule has 0 bridgehead atoms. The number of nitrogens with zero attached hydrogens (tertiary/aromatic N) is 3. The second-order valence-electron chi connectivity index (χ2n) is 9.57. The number of allylic oxidation sites excluding steroid dienone is 6. The molecule has 1 fully saturated rings. The van der Waals surface area contributed by atoms with E-state index in [1.54, 1.807) is 55.6 Å². The van der Waals surface area contributed by atoms with Gasteiger partial charge in [0.25, 0.3) is 0 Å². The molecule has 0 amide bonds. The number of nitrogens with one attached hydrogen (secondary N) is 3. The second-order valence-corrected chi connectivity index (χ2v) is 9.57. The highest BCUT2D eigenvalue weighted by Crippen LogP contribution is 2.35. The molecule has 3 aromatic heterocycles. The number of hydrogen-bond acceptors (Lipinski definition) is 4. The fourth-order valence-electron chi connectivity index (χ4n) is 4.53. The van der Waals surface area contributed by atoms with Gasteiger partial charge in [-0.25, -0.2) is 18.7 Å². The molecule has 8 heteroatoms. The molecule has 0 radical (unpaired) electrons. The van der Waals surface area contributed by atoms with Crippen molar-refractivity contribution in [2.75, 3.05) is 0 Å². The summed E-state index contributed by atoms with van der Waals surface area (Å²) < 4.78 is 30.2. The molecule has 3 heterocycles. The van der Waals surface area contributed by atoms with E-state index in [9.17, 15) is 4.39 Å². The molecule has 0 spiro atoms. The first-order valence-corrected chi connectivity index (χ1v) is 13.0. The summed E-state index contributed by atoms with van der Waals surface area (Å²) in [5.41, 5.74) is 5.05. The van der Waals surface area contributed by atoms with Gasteiger partial charge in [0.15, 0.2) is 11.5 Å². The topological polar surface area (TPSA) is 82.3 Å². The van der Waals surface area contributed by atoms with Gasteiger partial charge in [-0.15, -0.1) is 0 Å². The Hall–Kier alpha value is -4.85. The smallest absolute Gasteiger partial charge is 0.178 e. The Morgan fingerprint density at radius 1 is 1.18 bits per heavy atom. The lowest BCUT2D eigenvalue weighted by Crippen LogP contribution is -2.26. The lowest BCUT2D eigenvalue weighted by atomic mass is 10.0. The number of fused-ring (bicyclic) bond motifs is 1. The Bertz CT molecular complexity index is 1830. The maximum absolute atomic E-state index is 16.3. The van der Waals surface area contributed by atoms with Gasteiger partial charge in [0.05, 0.1) is 16.1 Å². The largest absolute Gasteiger partial charge is 0.359 e. The van der Waals surface area contributed by atoms with Gasteiger partial charge in [0, 0.05) is 28.7 Å². The minimum Gasteiger partial charge on any atom is -0.359 e. The molecule has 3 N–H and O–H groups in total. The predicted molar refractivity (Wildman–Crippen MR) is 157 cm³/mol. The van der Waals surface area contributed by atoms with Crippen LogP contribution in [0.3, 0.4) is 0 Å². The highest BCUT2D eigenvalue weighted by molar-refractivity contribution is 5.91. The summed E-state index contributed by atoms with van der Waals surface area (Å²) in [5.74, 6) is -0.125. The molecule has 0 unspecified atom stereocenters. The summed E-state index contributed by atoms with van der Waals surface area (Å²) in [6.45, 7) is 15.7. The second kappa shape index (κ2) is 11.1. The molecule has 1 aliphatic rings. The van der Waals surface area contributed by atoms with Gasteiger partial charge in [-0.3, -0.25) is 5.10 Å². The molecule has 5 rings (SSSR count). The molecule has 40 heavy (non-hydrogen) atoms. The quantitative estimate of drug-likeness (QED) is 0.225. The number of aromatic amines is 2. The lowest BCUT2D eigenvalue weighted by Gasteiger charge is -2.11. The number of aromatic nitrogens is 5.